The smallest absolute Gasteiger partial charge is 0.255 e. The minimum atomic E-state index is -0.515. The Morgan fingerprint density at radius 3 is 2.70 bits per heavy atom. The summed E-state index contributed by atoms with van der Waals surface area (Å²) in [6.07, 6.45) is 0. The van der Waals surface area contributed by atoms with Crippen LogP contribution in [0.1, 0.15) is 21.5 Å². The fourth-order valence-electron chi connectivity index (χ4n) is 1.70. The predicted octanol–water partition coefficient (Wildman–Crippen LogP) is 4.02. The number of nitrogens with zero attached hydrogens (tertiary/aromatic N) is 1. The first kappa shape index (κ1) is 14.2. The van der Waals surface area contributed by atoms with Gasteiger partial charge in [0, 0.05) is 10.0 Å². The third kappa shape index (κ3) is 3.03. The van der Waals surface area contributed by atoms with Crippen LogP contribution in [-0.2, 0) is 0 Å². The summed E-state index contributed by atoms with van der Waals surface area (Å²) in [6, 6.07) is 10.7. The average Bonchev–Trinajstić information content (AvgIpc) is 2.43. The highest BCUT2D eigenvalue weighted by Gasteiger charge is 2.10. The monoisotopic (exact) mass is 332 g/mol. The van der Waals surface area contributed by atoms with Crippen LogP contribution in [0.15, 0.2) is 40.9 Å². The number of carbonyl (C=O) groups excluding carboxylic acids is 1. The van der Waals surface area contributed by atoms with Gasteiger partial charge in [-0.25, -0.2) is 4.39 Å². The minimum absolute atomic E-state index is 0.0900. The largest absolute Gasteiger partial charge is 0.321 e. The van der Waals surface area contributed by atoms with Gasteiger partial charge in [-0.15, -0.1) is 0 Å². The zero-order chi connectivity index (χ0) is 14.7. The molecule has 0 fully saturated rings. The summed E-state index contributed by atoms with van der Waals surface area (Å²) >= 11 is 3.36. The fourth-order valence-corrected chi connectivity index (χ4v) is 1.95. The molecule has 0 aliphatic carbocycles. The van der Waals surface area contributed by atoms with Gasteiger partial charge in [-0.3, -0.25) is 4.79 Å². The summed E-state index contributed by atoms with van der Waals surface area (Å²) in [6.45, 7) is 1.87. The number of carbonyl (C=O) groups is 1. The van der Waals surface area contributed by atoms with Crippen LogP contribution in [0, 0.1) is 24.1 Å². The molecule has 2 aromatic rings. The molecule has 0 heterocycles. The fraction of sp³-hybridized carbons (Fsp3) is 0.0667. The molecule has 0 atom stereocenters. The first-order valence-corrected chi connectivity index (χ1v) is 6.57. The van der Waals surface area contributed by atoms with E-state index in [-0.39, 0.29) is 11.5 Å². The molecule has 0 aliphatic heterocycles. The summed E-state index contributed by atoms with van der Waals surface area (Å²) in [5.41, 5.74) is 1.78. The number of rotatable bonds is 2. The molecule has 2 aromatic carbocycles. The molecule has 0 spiro atoms. The Balaban J connectivity index is 2.28. The second-order valence-electron chi connectivity index (χ2n) is 4.22. The van der Waals surface area contributed by atoms with E-state index in [1.165, 1.54) is 12.1 Å². The van der Waals surface area contributed by atoms with Gasteiger partial charge in [-0.2, -0.15) is 5.26 Å². The predicted molar refractivity (Wildman–Crippen MR) is 77.9 cm³/mol. The number of nitrogens with one attached hydrogen (secondary N) is 1. The topological polar surface area (TPSA) is 52.9 Å². The van der Waals surface area contributed by atoms with Crippen LogP contribution in [0.4, 0.5) is 10.1 Å². The lowest BCUT2D eigenvalue weighted by Gasteiger charge is -2.08. The molecule has 0 aromatic heterocycles. The van der Waals surface area contributed by atoms with E-state index < -0.39 is 5.82 Å². The number of hydrogen-bond acceptors (Lipinski definition) is 2. The number of anilines is 1. The van der Waals surface area contributed by atoms with Crippen LogP contribution in [0.5, 0.6) is 0 Å². The van der Waals surface area contributed by atoms with Gasteiger partial charge in [0.05, 0.1) is 11.3 Å². The van der Waals surface area contributed by atoms with Crippen LogP contribution in [0.3, 0.4) is 0 Å². The van der Waals surface area contributed by atoms with Gasteiger partial charge in [0.1, 0.15) is 11.9 Å². The van der Waals surface area contributed by atoms with Gasteiger partial charge in [0.15, 0.2) is 0 Å². The minimum Gasteiger partial charge on any atom is -0.321 e. The number of benzene rings is 2. The van der Waals surface area contributed by atoms with Gasteiger partial charge in [0.25, 0.3) is 5.91 Å². The lowest BCUT2D eigenvalue weighted by Crippen LogP contribution is -2.13. The maximum atomic E-state index is 13.0. The van der Waals surface area contributed by atoms with Crippen LogP contribution < -0.4 is 5.32 Å². The molecule has 0 bridgehead atoms. The summed E-state index contributed by atoms with van der Waals surface area (Å²) < 4.78 is 13.9. The number of amides is 1. The first-order valence-electron chi connectivity index (χ1n) is 5.78. The van der Waals surface area contributed by atoms with E-state index >= 15 is 0 Å². The molecule has 0 saturated carbocycles. The van der Waals surface area contributed by atoms with E-state index in [1.54, 1.807) is 18.2 Å². The van der Waals surface area contributed by atoms with E-state index in [9.17, 15) is 9.18 Å². The van der Waals surface area contributed by atoms with E-state index in [0.29, 0.717) is 11.3 Å². The van der Waals surface area contributed by atoms with Crippen LogP contribution in [-0.4, -0.2) is 5.91 Å². The number of halogens is 2. The third-order valence-corrected chi connectivity index (χ3v) is 3.66. The van der Waals surface area contributed by atoms with Crippen LogP contribution in [0.25, 0.3) is 0 Å². The van der Waals surface area contributed by atoms with Gasteiger partial charge >= 0.3 is 0 Å². The second-order valence-corrected chi connectivity index (χ2v) is 5.07. The van der Waals surface area contributed by atoms with Crippen molar-refractivity contribution in [3.8, 4) is 6.07 Å². The van der Waals surface area contributed by atoms with E-state index in [0.717, 1.165) is 16.1 Å². The molecule has 0 unspecified atom stereocenters. The molecule has 100 valence electrons. The van der Waals surface area contributed by atoms with Crippen molar-refractivity contribution in [2.24, 2.45) is 0 Å². The molecular weight excluding hydrogens is 323 g/mol. The summed E-state index contributed by atoms with van der Waals surface area (Å²) in [4.78, 5) is 12.1. The van der Waals surface area contributed by atoms with Crippen molar-refractivity contribution in [1.82, 2.24) is 0 Å². The molecule has 20 heavy (non-hydrogen) atoms. The van der Waals surface area contributed by atoms with Crippen molar-refractivity contribution in [2.75, 3.05) is 5.32 Å². The SMILES string of the molecule is Cc1cc(C(=O)Nc2ccc(F)cc2C#N)ccc1Br. The maximum Gasteiger partial charge on any atom is 0.255 e. The summed E-state index contributed by atoms with van der Waals surface area (Å²) in [7, 11) is 0. The summed E-state index contributed by atoms with van der Waals surface area (Å²) in [5.74, 6) is -0.859. The Morgan fingerprint density at radius 2 is 2.05 bits per heavy atom. The second kappa shape index (κ2) is 5.85. The number of hydrogen-bond donors (Lipinski definition) is 1. The molecule has 2 rings (SSSR count). The lowest BCUT2D eigenvalue weighted by molar-refractivity contribution is 0.102. The van der Waals surface area contributed by atoms with Crippen LogP contribution >= 0.6 is 15.9 Å². The van der Waals surface area contributed by atoms with Gasteiger partial charge in [-0.1, -0.05) is 15.9 Å². The van der Waals surface area contributed by atoms with Crippen LogP contribution in [0.2, 0.25) is 0 Å². The summed E-state index contributed by atoms with van der Waals surface area (Å²) in [5, 5.41) is 11.5. The van der Waals surface area contributed by atoms with Gasteiger partial charge in [0.2, 0.25) is 0 Å². The maximum absolute atomic E-state index is 13.0. The van der Waals surface area contributed by atoms with Gasteiger partial charge < -0.3 is 5.32 Å². The third-order valence-electron chi connectivity index (χ3n) is 2.77. The Hall–Kier alpha value is -2.19. The molecule has 1 amide bonds. The van der Waals surface area contributed by atoms with Crippen molar-refractivity contribution in [1.29, 1.82) is 5.26 Å². The quantitative estimate of drug-likeness (QED) is 0.902. The Bertz CT molecular complexity index is 722. The standard InChI is InChI=1S/C15H10BrFN2O/c1-9-6-10(2-4-13(9)16)15(20)19-14-5-3-12(17)7-11(14)8-18/h2-7H,1H3,(H,19,20). The lowest BCUT2D eigenvalue weighted by atomic mass is 10.1. The highest BCUT2D eigenvalue weighted by Crippen LogP contribution is 2.20. The molecule has 1 N–H and O–H groups in total. The molecule has 0 radical (unpaired) electrons. The van der Waals surface area contributed by atoms with E-state index in [2.05, 4.69) is 21.2 Å². The van der Waals surface area contributed by atoms with Crippen molar-refractivity contribution < 1.29 is 9.18 Å². The highest BCUT2D eigenvalue weighted by atomic mass is 79.9. The van der Waals surface area contributed by atoms with E-state index in [1.807, 2.05) is 13.0 Å². The zero-order valence-corrected chi connectivity index (χ0v) is 12.2. The van der Waals surface area contributed by atoms with E-state index in [4.69, 9.17) is 5.26 Å². The number of aryl methyl sites for hydroxylation is 1. The Morgan fingerprint density at radius 1 is 1.30 bits per heavy atom. The molecule has 0 saturated heterocycles. The van der Waals surface area contributed by atoms with Crippen molar-refractivity contribution in [3.63, 3.8) is 0 Å². The first-order chi connectivity index (χ1) is 9.51. The van der Waals surface area contributed by atoms with Gasteiger partial charge in [-0.05, 0) is 48.9 Å². The molecule has 0 aliphatic rings. The average molecular weight is 333 g/mol. The Labute approximate surface area is 124 Å². The Kier molecular flexibility index (Phi) is 4.16. The molecular formula is C15H10BrFN2O. The van der Waals surface area contributed by atoms with Crippen molar-refractivity contribution in [2.45, 2.75) is 6.92 Å². The van der Waals surface area contributed by atoms with Crippen molar-refractivity contribution >= 4 is 27.5 Å². The van der Waals surface area contributed by atoms with Crippen molar-refractivity contribution in [3.05, 3.63) is 63.4 Å². The number of nitriles is 1. The molecule has 5 heteroatoms. The highest BCUT2D eigenvalue weighted by molar-refractivity contribution is 9.10. The zero-order valence-electron chi connectivity index (χ0n) is 10.6. The normalized spacial score (nSPS) is 9.90. The molecule has 3 nitrogen and oxygen atoms in total.